The Labute approximate surface area is 152 Å². The van der Waals surface area contributed by atoms with E-state index >= 15 is 0 Å². The first-order valence-electron chi connectivity index (χ1n) is 8.58. The van der Waals surface area contributed by atoms with E-state index in [0.29, 0.717) is 13.1 Å². The first kappa shape index (κ1) is 19.5. The van der Waals surface area contributed by atoms with Crippen LogP contribution < -0.4 is 0 Å². The molecule has 0 bridgehead atoms. The van der Waals surface area contributed by atoms with Gasteiger partial charge in [0.1, 0.15) is 0 Å². The minimum Gasteiger partial charge on any atom is -0.478 e. The van der Waals surface area contributed by atoms with Crippen LogP contribution in [0.2, 0.25) is 0 Å². The predicted molar refractivity (Wildman–Crippen MR) is 95.6 cm³/mol. The maximum atomic E-state index is 12.1. The molecule has 1 heterocycles. The van der Waals surface area contributed by atoms with Crippen molar-refractivity contribution in [2.45, 2.75) is 25.4 Å². The van der Waals surface area contributed by atoms with Gasteiger partial charge in [0, 0.05) is 39.5 Å². The number of carboxylic acids is 1. The fraction of sp³-hybridized carbons (Fsp3) is 0.421. The number of carbonyl (C=O) groups is 3. The highest BCUT2D eigenvalue weighted by Crippen LogP contribution is 2.09. The van der Waals surface area contributed by atoms with E-state index in [1.165, 1.54) is 11.9 Å². The van der Waals surface area contributed by atoms with Crippen molar-refractivity contribution in [3.8, 4) is 0 Å². The van der Waals surface area contributed by atoms with Gasteiger partial charge in [0.05, 0.1) is 0 Å². The summed E-state index contributed by atoms with van der Waals surface area (Å²) in [5.41, 5.74) is 0.767. The Morgan fingerprint density at radius 3 is 2.58 bits per heavy atom. The molecule has 1 atom stereocenters. The zero-order chi connectivity index (χ0) is 18.9. The van der Waals surface area contributed by atoms with Gasteiger partial charge in [-0.1, -0.05) is 42.5 Å². The molecule has 1 aliphatic heterocycles. The predicted octanol–water partition coefficient (Wildman–Crippen LogP) is 1.93. The number of rotatable bonds is 7. The van der Waals surface area contributed by atoms with Crippen molar-refractivity contribution in [1.82, 2.24) is 9.80 Å². The van der Waals surface area contributed by atoms with Gasteiger partial charge in [-0.3, -0.25) is 4.79 Å². The van der Waals surface area contributed by atoms with E-state index in [4.69, 9.17) is 4.74 Å². The summed E-state index contributed by atoms with van der Waals surface area (Å²) in [4.78, 5) is 38.6. The van der Waals surface area contributed by atoms with Crippen molar-refractivity contribution in [3.05, 3.63) is 48.0 Å². The second kappa shape index (κ2) is 9.60. The third-order valence-corrected chi connectivity index (χ3v) is 4.17. The van der Waals surface area contributed by atoms with Crippen LogP contribution >= 0.6 is 0 Å². The first-order valence-corrected chi connectivity index (χ1v) is 8.58. The minimum atomic E-state index is -1.27. The summed E-state index contributed by atoms with van der Waals surface area (Å²) in [5, 5.41) is 9.29. The molecule has 140 valence electrons. The van der Waals surface area contributed by atoms with E-state index in [1.807, 2.05) is 18.2 Å². The van der Waals surface area contributed by atoms with E-state index in [-0.39, 0.29) is 25.3 Å². The normalized spacial score (nSPS) is 14.6. The van der Waals surface area contributed by atoms with E-state index in [1.54, 1.807) is 29.2 Å². The lowest BCUT2D eigenvalue weighted by Gasteiger charge is -2.25. The fourth-order valence-corrected chi connectivity index (χ4v) is 2.60. The molecular formula is C19H24N2O5. The number of carboxylic acid groups (broad SMARTS) is 1. The molecule has 0 unspecified atom stereocenters. The summed E-state index contributed by atoms with van der Waals surface area (Å²) >= 11 is 0. The maximum Gasteiger partial charge on any atom is 0.410 e. The van der Waals surface area contributed by atoms with Crippen molar-refractivity contribution in [3.63, 3.8) is 0 Å². The zero-order valence-electron chi connectivity index (χ0n) is 14.8. The molecule has 0 saturated carbocycles. The van der Waals surface area contributed by atoms with Crippen LogP contribution in [0.4, 0.5) is 4.79 Å². The highest BCUT2D eigenvalue weighted by molar-refractivity contribution is 5.79. The number of hydrogen-bond donors (Lipinski definition) is 1. The topological polar surface area (TPSA) is 87.2 Å². The second-order valence-electron chi connectivity index (χ2n) is 6.17. The van der Waals surface area contributed by atoms with Crippen molar-refractivity contribution < 1.29 is 24.2 Å². The summed E-state index contributed by atoms with van der Waals surface area (Å²) in [6, 6.07) is 8.97. The van der Waals surface area contributed by atoms with Gasteiger partial charge in [0.25, 0.3) is 0 Å². The van der Waals surface area contributed by atoms with Crippen LogP contribution in [-0.4, -0.2) is 65.7 Å². The van der Waals surface area contributed by atoms with Crippen molar-refractivity contribution in [2.24, 2.45) is 0 Å². The lowest BCUT2D eigenvalue weighted by molar-refractivity contribution is -0.147. The summed E-state index contributed by atoms with van der Waals surface area (Å²) in [7, 11) is 1.49. The lowest BCUT2D eigenvalue weighted by Crippen LogP contribution is -2.39. The number of carbonyl (C=O) groups excluding carboxylic acids is 2. The molecule has 2 amide bonds. The second-order valence-corrected chi connectivity index (χ2v) is 6.17. The van der Waals surface area contributed by atoms with Crippen LogP contribution in [0.15, 0.2) is 42.5 Å². The number of aliphatic carboxylic acids is 1. The van der Waals surface area contributed by atoms with Crippen LogP contribution in [0.5, 0.6) is 0 Å². The van der Waals surface area contributed by atoms with E-state index < -0.39 is 18.2 Å². The molecule has 0 aromatic heterocycles. The van der Waals surface area contributed by atoms with Crippen molar-refractivity contribution in [1.29, 1.82) is 0 Å². The quantitative estimate of drug-likeness (QED) is 0.751. The van der Waals surface area contributed by atoms with Crippen LogP contribution in [0, 0.1) is 0 Å². The van der Waals surface area contributed by atoms with Crippen molar-refractivity contribution >= 4 is 18.0 Å². The highest BCUT2D eigenvalue weighted by atomic mass is 16.6. The molecule has 1 N–H and O–H groups in total. The Morgan fingerprint density at radius 1 is 1.23 bits per heavy atom. The van der Waals surface area contributed by atoms with Crippen LogP contribution in [0.1, 0.15) is 18.4 Å². The van der Waals surface area contributed by atoms with E-state index in [0.717, 1.165) is 12.0 Å². The molecule has 2 rings (SSSR count). The maximum absolute atomic E-state index is 12.1. The van der Waals surface area contributed by atoms with E-state index in [9.17, 15) is 19.5 Å². The molecule has 1 aromatic carbocycles. The Kier molecular flexibility index (Phi) is 7.20. The Bertz CT molecular complexity index is 659. The van der Waals surface area contributed by atoms with Gasteiger partial charge < -0.3 is 19.6 Å². The summed E-state index contributed by atoms with van der Waals surface area (Å²) in [6.07, 6.45) is 3.07. The number of nitrogens with zero attached hydrogens (tertiary/aromatic N) is 2. The molecule has 0 spiro atoms. The standard InChI is InChI=1S/C19H24N2O5/c1-20(13-10-17(22)21-11-6-3-7-12-21)19(25)26-16(18(23)24)14-15-8-4-2-5-9-15/h2-6,8-9,16H,7,10-14H2,1H3,(H,23,24)/t16-/m0/s1. The summed E-state index contributed by atoms with van der Waals surface area (Å²) < 4.78 is 5.11. The Hall–Kier alpha value is -2.83. The molecule has 7 heteroatoms. The molecule has 1 aliphatic rings. The third-order valence-electron chi connectivity index (χ3n) is 4.17. The fourth-order valence-electron chi connectivity index (χ4n) is 2.60. The third kappa shape index (κ3) is 5.91. The highest BCUT2D eigenvalue weighted by Gasteiger charge is 2.25. The molecule has 0 radical (unpaired) electrons. The molecular weight excluding hydrogens is 336 g/mol. The van der Waals surface area contributed by atoms with Crippen LogP contribution in [0.25, 0.3) is 0 Å². The lowest BCUT2D eigenvalue weighted by atomic mass is 10.1. The number of benzene rings is 1. The monoisotopic (exact) mass is 360 g/mol. The SMILES string of the molecule is CN(CCC(=O)N1CC=CCC1)C(=O)O[C@@H](Cc1ccccc1)C(=O)O. The molecule has 1 aromatic rings. The van der Waals surface area contributed by atoms with Gasteiger partial charge in [-0.2, -0.15) is 0 Å². The van der Waals surface area contributed by atoms with Gasteiger partial charge in [-0.25, -0.2) is 9.59 Å². The van der Waals surface area contributed by atoms with E-state index in [2.05, 4.69) is 0 Å². The first-order chi connectivity index (χ1) is 12.5. The van der Waals surface area contributed by atoms with Gasteiger partial charge in [0.2, 0.25) is 12.0 Å². The van der Waals surface area contributed by atoms with Gasteiger partial charge in [-0.05, 0) is 12.0 Å². The summed E-state index contributed by atoms with van der Waals surface area (Å²) in [5.74, 6) is -1.24. The Morgan fingerprint density at radius 2 is 1.96 bits per heavy atom. The Balaban J connectivity index is 1.82. The van der Waals surface area contributed by atoms with Gasteiger partial charge in [0.15, 0.2) is 0 Å². The number of ether oxygens (including phenoxy) is 1. The molecule has 0 aliphatic carbocycles. The average Bonchev–Trinajstić information content (AvgIpc) is 2.66. The molecule has 0 saturated heterocycles. The molecule has 26 heavy (non-hydrogen) atoms. The van der Waals surface area contributed by atoms with Gasteiger partial charge >= 0.3 is 12.1 Å². The molecule has 0 fully saturated rings. The van der Waals surface area contributed by atoms with Crippen LogP contribution in [0.3, 0.4) is 0 Å². The largest absolute Gasteiger partial charge is 0.478 e. The average molecular weight is 360 g/mol. The summed E-state index contributed by atoms with van der Waals surface area (Å²) in [6.45, 7) is 1.45. The smallest absolute Gasteiger partial charge is 0.410 e. The zero-order valence-corrected chi connectivity index (χ0v) is 14.8. The van der Waals surface area contributed by atoms with Gasteiger partial charge in [-0.15, -0.1) is 0 Å². The number of hydrogen-bond acceptors (Lipinski definition) is 4. The minimum absolute atomic E-state index is 0.0342. The van der Waals surface area contributed by atoms with Crippen molar-refractivity contribution in [2.75, 3.05) is 26.7 Å². The van der Waals surface area contributed by atoms with Crippen LogP contribution in [-0.2, 0) is 20.7 Å². The molecule has 7 nitrogen and oxygen atoms in total. The number of amides is 2.